The predicted molar refractivity (Wildman–Crippen MR) is 77.2 cm³/mol. The first kappa shape index (κ1) is 13.9. The van der Waals surface area contributed by atoms with Gasteiger partial charge >= 0.3 is 0 Å². The van der Waals surface area contributed by atoms with Crippen molar-refractivity contribution in [1.29, 1.82) is 0 Å². The number of halogens is 1. The van der Waals surface area contributed by atoms with Crippen molar-refractivity contribution >= 4 is 23.4 Å². The topological polar surface area (TPSA) is 66.5 Å². The lowest BCUT2D eigenvalue weighted by Gasteiger charge is -2.09. The first-order chi connectivity index (χ1) is 10.5. The first-order valence-corrected chi connectivity index (χ1v) is 6.52. The summed E-state index contributed by atoms with van der Waals surface area (Å²) in [5.41, 5.74) is 0.400. The van der Waals surface area contributed by atoms with Crippen molar-refractivity contribution in [3.05, 3.63) is 65.0 Å². The van der Waals surface area contributed by atoms with Gasteiger partial charge in [-0.3, -0.25) is 19.3 Å². The third kappa shape index (κ3) is 2.05. The van der Waals surface area contributed by atoms with Crippen LogP contribution in [0.15, 0.2) is 42.5 Å². The van der Waals surface area contributed by atoms with E-state index in [1.807, 2.05) is 0 Å². The molecular weight excluding hydrogens is 287 g/mol. The molecule has 0 unspecified atom stereocenters. The van der Waals surface area contributed by atoms with Gasteiger partial charge in [-0.2, -0.15) is 0 Å². The van der Waals surface area contributed by atoms with Crippen LogP contribution in [0.25, 0.3) is 0 Å². The Morgan fingerprint density at radius 3 is 2.50 bits per heavy atom. The van der Waals surface area contributed by atoms with Crippen LogP contribution in [-0.2, 0) is 0 Å². The number of amides is 3. The molecule has 1 N–H and O–H groups in total. The minimum absolute atomic E-state index is 0.125. The number of carbonyl (C=O) groups is 3. The lowest BCUT2D eigenvalue weighted by molar-refractivity contribution is 0.0693. The van der Waals surface area contributed by atoms with Crippen LogP contribution >= 0.6 is 0 Å². The maximum Gasteiger partial charge on any atom is 0.263 e. The predicted octanol–water partition coefficient (Wildman–Crippen LogP) is 2.30. The minimum Gasteiger partial charge on any atom is -0.321 e. The second-order valence-corrected chi connectivity index (χ2v) is 4.83. The number of imide groups is 1. The van der Waals surface area contributed by atoms with Gasteiger partial charge < -0.3 is 5.32 Å². The average Bonchev–Trinajstić information content (AvgIpc) is 2.73. The molecule has 1 heterocycles. The van der Waals surface area contributed by atoms with Gasteiger partial charge in [0.15, 0.2) is 0 Å². The second kappa shape index (κ2) is 5.07. The fourth-order valence-corrected chi connectivity index (χ4v) is 2.34. The van der Waals surface area contributed by atoms with Gasteiger partial charge in [-0.05, 0) is 24.3 Å². The Kier molecular flexibility index (Phi) is 3.21. The van der Waals surface area contributed by atoms with Crippen molar-refractivity contribution in [3.63, 3.8) is 0 Å². The third-order valence-electron chi connectivity index (χ3n) is 3.48. The van der Waals surface area contributed by atoms with Crippen LogP contribution in [0.4, 0.5) is 10.1 Å². The van der Waals surface area contributed by atoms with Crippen molar-refractivity contribution in [3.8, 4) is 0 Å². The van der Waals surface area contributed by atoms with Crippen molar-refractivity contribution < 1.29 is 18.8 Å². The molecule has 0 saturated heterocycles. The van der Waals surface area contributed by atoms with Crippen LogP contribution < -0.4 is 5.32 Å². The molecule has 0 fully saturated rings. The summed E-state index contributed by atoms with van der Waals surface area (Å²) < 4.78 is 13.6. The molecule has 3 rings (SSSR count). The van der Waals surface area contributed by atoms with Crippen molar-refractivity contribution in [1.82, 2.24) is 4.90 Å². The van der Waals surface area contributed by atoms with Crippen molar-refractivity contribution in [2.75, 3.05) is 12.4 Å². The molecule has 1 aliphatic rings. The number of carbonyl (C=O) groups excluding carboxylic acids is 3. The summed E-state index contributed by atoms with van der Waals surface area (Å²) in [5, 5.41) is 2.49. The third-order valence-corrected chi connectivity index (χ3v) is 3.48. The number of nitrogens with zero attached hydrogens (tertiary/aromatic N) is 1. The fourth-order valence-electron chi connectivity index (χ4n) is 2.34. The summed E-state index contributed by atoms with van der Waals surface area (Å²) >= 11 is 0. The first-order valence-electron chi connectivity index (χ1n) is 6.52. The molecule has 22 heavy (non-hydrogen) atoms. The summed E-state index contributed by atoms with van der Waals surface area (Å²) in [6.07, 6.45) is 0. The standard InChI is InChI=1S/C16H11FN2O3/c1-19-15(21)10-6-4-8-12(13(10)16(19)22)18-14(20)9-5-2-3-7-11(9)17/h2-8H,1H3,(H,18,20). The fraction of sp³-hybridized carbons (Fsp3) is 0.0625. The lowest BCUT2D eigenvalue weighted by Crippen LogP contribution is -2.24. The molecule has 0 bridgehead atoms. The number of anilines is 1. The molecule has 2 aromatic rings. The summed E-state index contributed by atoms with van der Waals surface area (Å²) in [5.74, 6) is -2.26. The highest BCUT2D eigenvalue weighted by Gasteiger charge is 2.35. The molecule has 0 radical (unpaired) electrons. The Balaban J connectivity index is 1.99. The van der Waals surface area contributed by atoms with Crippen LogP contribution in [0.1, 0.15) is 31.1 Å². The molecule has 2 aromatic carbocycles. The number of nitrogens with one attached hydrogen (secondary N) is 1. The van der Waals surface area contributed by atoms with E-state index >= 15 is 0 Å². The van der Waals surface area contributed by atoms with Crippen LogP contribution in [0.2, 0.25) is 0 Å². The summed E-state index contributed by atoms with van der Waals surface area (Å²) in [7, 11) is 1.37. The second-order valence-electron chi connectivity index (χ2n) is 4.83. The van der Waals surface area contributed by atoms with Gasteiger partial charge in [0.05, 0.1) is 22.4 Å². The number of hydrogen-bond acceptors (Lipinski definition) is 3. The van der Waals surface area contributed by atoms with E-state index in [-0.39, 0.29) is 22.4 Å². The van der Waals surface area contributed by atoms with Gasteiger partial charge in [-0.1, -0.05) is 18.2 Å². The smallest absolute Gasteiger partial charge is 0.263 e. The molecule has 5 nitrogen and oxygen atoms in total. The van der Waals surface area contributed by atoms with E-state index in [1.165, 1.54) is 43.4 Å². The molecule has 110 valence electrons. The quantitative estimate of drug-likeness (QED) is 0.865. The summed E-state index contributed by atoms with van der Waals surface area (Å²) in [6.45, 7) is 0. The van der Waals surface area contributed by atoms with Gasteiger partial charge in [0, 0.05) is 7.05 Å². The van der Waals surface area contributed by atoms with E-state index in [0.29, 0.717) is 0 Å². The summed E-state index contributed by atoms with van der Waals surface area (Å²) in [6, 6.07) is 10.1. The van der Waals surface area contributed by atoms with Gasteiger partial charge in [-0.15, -0.1) is 0 Å². The number of fused-ring (bicyclic) bond motifs is 1. The molecule has 1 aliphatic heterocycles. The average molecular weight is 298 g/mol. The molecule has 0 aromatic heterocycles. The Morgan fingerprint density at radius 2 is 1.77 bits per heavy atom. The van der Waals surface area contributed by atoms with Gasteiger partial charge in [0.1, 0.15) is 5.82 Å². The number of benzene rings is 2. The van der Waals surface area contributed by atoms with Crippen LogP contribution in [0.3, 0.4) is 0 Å². The monoisotopic (exact) mass is 298 g/mol. The zero-order valence-electron chi connectivity index (χ0n) is 11.6. The Bertz CT molecular complexity index is 817. The highest BCUT2D eigenvalue weighted by molar-refractivity contribution is 6.24. The molecule has 0 aliphatic carbocycles. The van der Waals surface area contributed by atoms with Gasteiger partial charge in [0.2, 0.25) is 0 Å². The normalized spacial score (nSPS) is 13.3. The SMILES string of the molecule is CN1C(=O)c2cccc(NC(=O)c3ccccc3F)c2C1=O. The van der Waals surface area contributed by atoms with Gasteiger partial charge in [-0.25, -0.2) is 4.39 Å². The van der Waals surface area contributed by atoms with E-state index in [1.54, 1.807) is 6.07 Å². The lowest BCUT2D eigenvalue weighted by atomic mass is 10.1. The Hall–Kier alpha value is -3.02. The number of rotatable bonds is 2. The van der Waals surface area contributed by atoms with E-state index in [0.717, 1.165) is 4.90 Å². The highest BCUT2D eigenvalue weighted by atomic mass is 19.1. The van der Waals surface area contributed by atoms with Crippen LogP contribution in [-0.4, -0.2) is 29.7 Å². The maximum absolute atomic E-state index is 13.6. The Labute approximate surface area is 125 Å². The number of hydrogen-bond donors (Lipinski definition) is 1. The summed E-state index contributed by atoms with van der Waals surface area (Å²) in [4.78, 5) is 37.1. The van der Waals surface area contributed by atoms with Gasteiger partial charge in [0.25, 0.3) is 17.7 Å². The molecule has 3 amide bonds. The molecular formula is C16H11FN2O3. The zero-order valence-corrected chi connectivity index (χ0v) is 11.6. The van der Waals surface area contributed by atoms with Crippen LogP contribution in [0, 0.1) is 5.82 Å². The molecule has 0 spiro atoms. The molecule has 6 heteroatoms. The van der Waals surface area contributed by atoms with Crippen molar-refractivity contribution in [2.24, 2.45) is 0 Å². The van der Waals surface area contributed by atoms with E-state index < -0.39 is 23.5 Å². The van der Waals surface area contributed by atoms with Crippen LogP contribution in [0.5, 0.6) is 0 Å². The maximum atomic E-state index is 13.6. The Morgan fingerprint density at radius 1 is 1.05 bits per heavy atom. The van der Waals surface area contributed by atoms with E-state index in [4.69, 9.17) is 0 Å². The molecule has 0 saturated carbocycles. The van der Waals surface area contributed by atoms with E-state index in [2.05, 4.69) is 5.32 Å². The zero-order chi connectivity index (χ0) is 15.9. The molecule has 0 atom stereocenters. The highest BCUT2D eigenvalue weighted by Crippen LogP contribution is 2.28. The minimum atomic E-state index is -0.679. The van der Waals surface area contributed by atoms with Crippen molar-refractivity contribution in [2.45, 2.75) is 0 Å². The van der Waals surface area contributed by atoms with E-state index in [9.17, 15) is 18.8 Å². The largest absolute Gasteiger partial charge is 0.321 e.